The van der Waals surface area contributed by atoms with Gasteiger partial charge in [-0.2, -0.15) is 4.73 Å². The zero-order valence-electron chi connectivity index (χ0n) is 12.7. The molecule has 7 heteroatoms. The van der Waals surface area contributed by atoms with Crippen LogP contribution in [0.3, 0.4) is 0 Å². The summed E-state index contributed by atoms with van der Waals surface area (Å²) < 4.78 is 0.757. The third kappa shape index (κ3) is 4.12. The predicted octanol–water partition coefficient (Wildman–Crippen LogP) is 2.77. The maximum Gasteiger partial charge on any atom is 0.251 e. The van der Waals surface area contributed by atoms with Crippen LogP contribution >= 0.6 is 23.1 Å². The van der Waals surface area contributed by atoms with Crippen molar-refractivity contribution in [3.8, 4) is 0 Å². The number of hydrogen-bond donors (Lipinski definition) is 1. The molecule has 0 fully saturated rings. The van der Waals surface area contributed by atoms with Crippen LogP contribution in [-0.2, 0) is 4.79 Å². The molecule has 0 radical (unpaired) electrons. The molecule has 5 nitrogen and oxygen atoms in total. The van der Waals surface area contributed by atoms with Gasteiger partial charge in [0.15, 0.2) is 6.20 Å². The number of thiazole rings is 1. The number of hydrogen-bond acceptors (Lipinski definition) is 5. The number of benzene rings is 1. The number of carbonyl (C=O) groups is 1. The molecular formula is C17H15N3O2S2. The van der Waals surface area contributed by atoms with Crippen LogP contribution in [0.5, 0.6) is 0 Å². The first-order valence-corrected chi connectivity index (χ1v) is 9.15. The van der Waals surface area contributed by atoms with Crippen LogP contribution in [0.15, 0.2) is 71.3 Å². The highest BCUT2D eigenvalue weighted by molar-refractivity contribution is 7.99. The minimum Gasteiger partial charge on any atom is -0.618 e. The molecule has 1 N–H and O–H groups in total. The molecule has 0 saturated heterocycles. The monoisotopic (exact) mass is 357 g/mol. The number of thioether (sulfide) groups is 1. The Balaban J connectivity index is 1.69. The van der Waals surface area contributed by atoms with Crippen molar-refractivity contribution in [3.05, 3.63) is 82.1 Å². The molecule has 122 valence electrons. The molecule has 24 heavy (non-hydrogen) atoms. The first-order chi connectivity index (χ1) is 11.7. The Hall–Kier alpha value is -2.38. The average Bonchev–Trinajstić information content (AvgIpc) is 3.14. The topological polar surface area (TPSA) is 68.9 Å². The van der Waals surface area contributed by atoms with E-state index in [-0.39, 0.29) is 17.7 Å². The van der Waals surface area contributed by atoms with E-state index in [9.17, 15) is 10.0 Å². The predicted molar refractivity (Wildman–Crippen MR) is 94.7 cm³/mol. The van der Waals surface area contributed by atoms with Crippen LogP contribution in [0.4, 0.5) is 0 Å². The van der Waals surface area contributed by atoms with E-state index in [1.807, 2.05) is 35.7 Å². The minimum atomic E-state index is -0.283. The Labute approximate surface area is 148 Å². The lowest BCUT2D eigenvalue weighted by atomic mass is 10.1. The van der Waals surface area contributed by atoms with Crippen LogP contribution in [0.25, 0.3) is 0 Å². The van der Waals surface area contributed by atoms with Crippen LogP contribution in [-0.4, -0.2) is 16.6 Å². The summed E-state index contributed by atoms with van der Waals surface area (Å²) in [6.45, 7) is 0. The van der Waals surface area contributed by atoms with Gasteiger partial charge in [-0.05, 0) is 23.4 Å². The van der Waals surface area contributed by atoms with Crippen molar-refractivity contribution in [1.82, 2.24) is 10.3 Å². The average molecular weight is 357 g/mol. The summed E-state index contributed by atoms with van der Waals surface area (Å²) >= 11 is 2.71. The standard InChI is InChI=1S/C17H15N3O2S2/c21-14(12-24-15-8-4-5-10-20(15)22)19-16(17-18-9-11-23-17)13-6-2-1-3-7-13/h1-11,16H,12H2,(H,19,21). The number of carbonyl (C=O) groups excluding carboxylic acids is 1. The molecule has 3 rings (SSSR count). The van der Waals surface area contributed by atoms with Crippen molar-refractivity contribution in [2.45, 2.75) is 11.1 Å². The molecule has 0 aliphatic carbocycles. The van der Waals surface area contributed by atoms with Gasteiger partial charge in [0.05, 0.1) is 5.75 Å². The van der Waals surface area contributed by atoms with Gasteiger partial charge in [-0.25, -0.2) is 4.98 Å². The maximum absolute atomic E-state index is 12.3. The second-order valence-electron chi connectivity index (χ2n) is 4.93. The summed E-state index contributed by atoms with van der Waals surface area (Å²) in [5, 5.41) is 17.8. The van der Waals surface area contributed by atoms with Crippen LogP contribution in [0.2, 0.25) is 0 Å². The Kier molecular flexibility index (Phi) is 5.45. The second-order valence-corrected chi connectivity index (χ2v) is 6.86. The third-order valence-electron chi connectivity index (χ3n) is 3.28. The second kappa shape index (κ2) is 7.94. The van der Waals surface area contributed by atoms with Gasteiger partial charge < -0.3 is 10.5 Å². The fraction of sp³-hybridized carbons (Fsp3) is 0.118. The van der Waals surface area contributed by atoms with Crippen LogP contribution in [0.1, 0.15) is 16.6 Å². The van der Waals surface area contributed by atoms with Crippen molar-refractivity contribution >= 4 is 29.0 Å². The SMILES string of the molecule is O=C(CSc1cccc[n+]1[O-])NC(c1ccccc1)c1nccs1. The molecule has 1 unspecified atom stereocenters. The molecule has 0 bridgehead atoms. The Bertz CT molecular complexity index is 795. The van der Waals surface area contributed by atoms with Gasteiger partial charge >= 0.3 is 0 Å². The molecule has 2 heterocycles. The van der Waals surface area contributed by atoms with E-state index >= 15 is 0 Å². The number of rotatable bonds is 6. The highest BCUT2D eigenvalue weighted by Gasteiger charge is 2.19. The Morgan fingerprint density at radius 1 is 1.25 bits per heavy atom. The van der Waals surface area contributed by atoms with Gasteiger partial charge in [0, 0.05) is 23.7 Å². The molecule has 0 spiro atoms. The van der Waals surface area contributed by atoms with Gasteiger partial charge in [0.2, 0.25) is 5.91 Å². The largest absolute Gasteiger partial charge is 0.618 e. The fourth-order valence-electron chi connectivity index (χ4n) is 2.18. The van der Waals surface area contributed by atoms with Gasteiger partial charge in [-0.15, -0.1) is 11.3 Å². The van der Waals surface area contributed by atoms with Crippen molar-refractivity contribution in [1.29, 1.82) is 0 Å². The van der Waals surface area contributed by atoms with Gasteiger partial charge in [-0.1, -0.05) is 30.3 Å². The van der Waals surface area contributed by atoms with Crippen molar-refractivity contribution in [3.63, 3.8) is 0 Å². The molecule has 1 aromatic carbocycles. The van der Waals surface area contributed by atoms with E-state index < -0.39 is 0 Å². The zero-order valence-corrected chi connectivity index (χ0v) is 14.3. The minimum absolute atomic E-state index is 0.145. The van der Waals surface area contributed by atoms with Crippen molar-refractivity contribution in [2.24, 2.45) is 0 Å². The van der Waals surface area contributed by atoms with Crippen molar-refractivity contribution < 1.29 is 9.52 Å². The molecule has 1 amide bonds. The smallest absolute Gasteiger partial charge is 0.251 e. The molecule has 0 aliphatic heterocycles. The van der Waals surface area contributed by atoms with Gasteiger partial charge in [-0.3, -0.25) is 4.79 Å². The van der Waals surface area contributed by atoms with E-state index in [2.05, 4.69) is 10.3 Å². The molecule has 2 aromatic heterocycles. The lowest BCUT2D eigenvalue weighted by molar-refractivity contribution is -0.645. The lowest BCUT2D eigenvalue weighted by Gasteiger charge is -2.16. The zero-order chi connectivity index (χ0) is 16.8. The number of amides is 1. The quantitative estimate of drug-likeness (QED) is 0.418. The first kappa shape index (κ1) is 16.5. The molecule has 3 aromatic rings. The van der Waals surface area contributed by atoms with Crippen LogP contribution < -0.4 is 10.0 Å². The van der Waals surface area contributed by atoms with Gasteiger partial charge in [0.1, 0.15) is 11.0 Å². The van der Waals surface area contributed by atoms with E-state index in [0.717, 1.165) is 15.3 Å². The summed E-state index contributed by atoms with van der Waals surface area (Å²) in [4.78, 5) is 16.7. The van der Waals surface area contributed by atoms with Gasteiger partial charge in [0.25, 0.3) is 5.03 Å². The summed E-state index contributed by atoms with van der Waals surface area (Å²) in [6, 6.07) is 14.6. The Morgan fingerprint density at radius 2 is 2.04 bits per heavy atom. The number of aromatic nitrogens is 2. The summed E-state index contributed by atoms with van der Waals surface area (Å²) in [7, 11) is 0. The molecule has 0 aliphatic rings. The number of nitrogens with one attached hydrogen (secondary N) is 1. The summed E-state index contributed by atoms with van der Waals surface area (Å²) in [5.41, 5.74) is 0.976. The summed E-state index contributed by atoms with van der Waals surface area (Å²) in [6.07, 6.45) is 3.14. The highest BCUT2D eigenvalue weighted by Crippen LogP contribution is 2.24. The molecule has 0 saturated carbocycles. The molecule has 1 atom stereocenters. The van der Waals surface area contributed by atoms with E-state index in [1.165, 1.54) is 29.3 Å². The number of nitrogens with zero attached hydrogens (tertiary/aromatic N) is 2. The number of pyridine rings is 1. The summed E-state index contributed by atoms with van der Waals surface area (Å²) in [5.74, 6) is 0.0222. The molecular weight excluding hydrogens is 342 g/mol. The van der Waals surface area contributed by atoms with E-state index in [0.29, 0.717) is 5.03 Å². The fourth-order valence-corrected chi connectivity index (χ4v) is 3.62. The van der Waals surface area contributed by atoms with E-state index in [4.69, 9.17) is 0 Å². The van der Waals surface area contributed by atoms with Crippen molar-refractivity contribution in [2.75, 3.05) is 5.75 Å². The van der Waals surface area contributed by atoms with E-state index in [1.54, 1.807) is 24.4 Å². The highest BCUT2D eigenvalue weighted by atomic mass is 32.2. The van der Waals surface area contributed by atoms with Crippen LogP contribution in [0, 0.1) is 5.21 Å². The lowest BCUT2D eigenvalue weighted by Crippen LogP contribution is -2.32. The normalized spacial score (nSPS) is 11.8. The third-order valence-corrected chi connectivity index (χ3v) is 5.14. The Morgan fingerprint density at radius 3 is 2.75 bits per heavy atom. The first-order valence-electron chi connectivity index (χ1n) is 7.29. The maximum atomic E-state index is 12.3.